The number of morpholine rings is 1. The Labute approximate surface area is 144 Å². The van der Waals surface area contributed by atoms with Gasteiger partial charge in [-0.15, -0.1) is 11.8 Å². The summed E-state index contributed by atoms with van der Waals surface area (Å²) in [6.07, 6.45) is 1.95. The van der Waals surface area contributed by atoms with Crippen molar-refractivity contribution in [3.8, 4) is 0 Å². The molecule has 1 aliphatic heterocycles. The van der Waals surface area contributed by atoms with Crippen LogP contribution >= 0.6 is 11.8 Å². The Morgan fingerprint density at radius 1 is 1.38 bits per heavy atom. The van der Waals surface area contributed by atoms with Crippen LogP contribution in [0.2, 0.25) is 0 Å². The van der Waals surface area contributed by atoms with Gasteiger partial charge in [0.25, 0.3) is 0 Å². The Hall–Kier alpha value is -1.99. The van der Waals surface area contributed by atoms with E-state index in [-0.39, 0.29) is 25.0 Å². The fraction of sp³-hybridized carbons (Fsp3) is 0.412. The molecule has 1 aliphatic rings. The quantitative estimate of drug-likeness (QED) is 0.837. The highest BCUT2D eigenvalue weighted by Gasteiger charge is 2.29. The number of carbonyl (C=O) groups is 2. The van der Waals surface area contributed by atoms with Gasteiger partial charge >= 0.3 is 5.97 Å². The summed E-state index contributed by atoms with van der Waals surface area (Å²) in [7, 11) is 1.99. The van der Waals surface area contributed by atoms with Crippen molar-refractivity contribution in [3.63, 3.8) is 0 Å². The van der Waals surface area contributed by atoms with Gasteiger partial charge in [-0.25, -0.2) is 0 Å². The third-order valence-corrected chi connectivity index (χ3v) is 5.20. The van der Waals surface area contributed by atoms with Gasteiger partial charge in [-0.3, -0.25) is 9.59 Å². The van der Waals surface area contributed by atoms with Crippen LogP contribution in [0.5, 0.6) is 0 Å². The van der Waals surface area contributed by atoms with E-state index in [9.17, 15) is 9.59 Å². The first-order valence-electron chi connectivity index (χ1n) is 7.82. The third kappa shape index (κ3) is 3.57. The van der Waals surface area contributed by atoms with Crippen LogP contribution in [0.4, 0.5) is 0 Å². The molecule has 1 aromatic carbocycles. The van der Waals surface area contributed by atoms with E-state index in [4.69, 9.17) is 9.84 Å². The Morgan fingerprint density at radius 2 is 2.17 bits per heavy atom. The fourth-order valence-corrected chi connectivity index (χ4v) is 4.00. The number of rotatable bonds is 5. The van der Waals surface area contributed by atoms with Gasteiger partial charge < -0.3 is 19.3 Å². The Balaban J connectivity index is 1.68. The van der Waals surface area contributed by atoms with Crippen molar-refractivity contribution in [2.45, 2.75) is 17.4 Å². The molecule has 1 atom stereocenters. The molecule has 3 rings (SSSR count). The molecular weight excluding hydrogens is 328 g/mol. The van der Waals surface area contributed by atoms with Gasteiger partial charge in [0, 0.05) is 35.6 Å². The summed E-state index contributed by atoms with van der Waals surface area (Å²) in [5, 5.41) is 10.1. The molecular formula is C17H20N2O4S. The van der Waals surface area contributed by atoms with Crippen LogP contribution in [0, 0.1) is 0 Å². The Kier molecular flexibility index (Phi) is 5.11. The number of aromatic nitrogens is 1. The predicted octanol–water partition coefficient (Wildman–Crippen LogP) is 1.97. The minimum Gasteiger partial charge on any atom is -0.481 e. The first-order valence-corrected chi connectivity index (χ1v) is 8.80. The summed E-state index contributed by atoms with van der Waals surface area (Å²) < 4.78 is 7.37. The lowest BCUT2D eigenvalue weighted by Crippen LogP contribution is -2.50. The van der Waals surface area contributed by atoms with Crippen LogP contribution in [-0.4, -0.2) is 58.0 Å². The van der Waals surface area contributed by atoms with Crippen molar-refractivity contribution >= 4 is 34.5 Å². The summed E-state index contributed by atoms with van der Waals surface area (Å²) in [5.74, 6) is -0.656. The molecule has 0 spiro atoms. The van der Waals surface area contributed by atoms with E-state index in [1.807, 2.05) is 42.1 Å². The number of carboxylic acids is 1. The molecule has 2 heterocycles. The summed E-state index contributed by atoms with van der Waals surface area (Å²) in [6.45, 7) is 1.20. The number of para-hydroxylation sites is 1. The van der Waals surface area contributed by atoms with Gasteiger partial charge in [0.1, 0.15) is 0 Å². The molecule has 128 valence electrons. The normalized spacial score (nSPS) is 18.0. The van der Waals surface area contributed by atoms with Crippen molar-refractivity contribution in [1.29, 1.82) is 0 Å². The summed E-state index contributed by atoms with van der Waals surface area (Å²) >= 11 is 1.49. The average Bonchev–Trinajstić information content (AvgIpc) is 2.89. The molecule has 1 aromatic heterocycles. The van der Waals surface area contributed by atoms with Crippen molar-refractivity contribution in [1.82, 2.24) is 9.47 Å². The molecule has 0 bridgehead atoms. The van der Waals surface area contributed by atoms with Crippen molar-refractivity contribution < 1.29 is 19.4 Å². The van der Waals surface area contributed by atoms with E-state index in [1.54, 1.807) is 4.90 Å². The van der Waals surface area contributed by atoms with Crippen LogP contribution in [0.1, 0.15) is 6.42 Å². The standard InChI is InChI=1S/C17H20N2O4S/c1-18-9-15(13-4-2-3-5-14(13)18)24-11-16(20)19-6-7-23-10-12(19)8-17(21)22/h2-5,9,12H,6-8,10-11H2,1H3,(H,21,22). The zero-order valence-electron chi connectivity index (χ0n) is 13.5. The maximum absolute atomic E-state index is 12.6. The van der Waals surface area contributed by atoms with E-state index in [2.05, 4.69) is 0 Å². The summed E-state index contributed by atoms with van der Waals surface area (Å²) in [4.78, 5) is 26.2. The molecule has 7 heteroatoms. The largest absolute Gasteiger partial charge is 0.481 e. The zero-order valence-corrected chi connectivity index (χ0v) is 14.3. The fourth-order valence-electron chi connectivity index (χ4n) is 3.00. The predicted molar refractivity (Wildman–Crippen MR) is 92.2 cm³/mol. The number of amides is 1. The van der Waals surface area contributed by atoms with Crippen LogP contribution in [-0.2, 0) is 21.4 Å². The Bertz CT molecular complexity index is 758. The monoisotopic (exact) mass is 348 g/mol. The summed E-state index contributed by atoms with van der Waals surface area (Å²) in [6, 6.07) is 7.69. The van der Waals surface area contributed by atoms with Crippen LogP contribution < -0.4 is 0 Å². The topological polar surface area (TPSA) is 71.8 Å². The molecule has 0 radical (unpaired) electrons. The van der Waals surface area contributed by atoms with Crippen molar-refractivity contribution in [2.75, 3.05) is 25.5 Å². The highest BCUT2D eigenvalue weighted by atomic mass is 32.2. The number of hydrogen-bond acceptors (Lipinski definition) is 4. The highest BCUT2D eigenvalue weighted by Crippen LogP contribution is 2.29. The number of benzene rings is 1. The molecule has 1 unspecified atom stereocenters. The molecule has 0 saturated carbocycles. The second kappa shape index (κ2) is 7.27. The van der Waals surface area contributed by atoms with Gasteiger partial charge in [-0.1, -0.05) is 18.2 Å². The number of nitrogens with zero attached hydrogens (tertiary/aromatic N) is 2. The van der Waals surface area contributed by atoms with Crippen LogP contribution in [0.15, 0.2) is 35.4 Å². The van der Waals surface area contributed by atoms with Crippen molar-refractivity contribution in [2.24, 2.45) is 7.05 Å². The molecule has 1 amide bonds. The van der Waals surface area contributed by atoms with Crippen LogP contribution in [0.3, 0.4) is 0 Å². The second-order valence-electron chi connectivity index (χ2n) is 5.82. The molecule has 2 aromatic rings. The van der Waals surface area contributed by atoms with Crippen LogP contribution in [0.25, 0.3) is 10.9 Å². The maximum Gasteiger partial charge on any atom is 0.305 e. The first-order chi connectivity index (χ1) is 11.6. The molecule has 1 N–H and O–H groups in total. The average molecular weight is 348 g/mol. The van der Waals surface area contributed by atoms with Crippen molar-refractivity contribution in [3.05, 3.63) is 30.5 Å². The third-order valence-electron chi connectivity index (χ3n) is 4.17. The molecule has 6 nitrogen and oxygen atoms in total. The van der Waals surface area contributed by atoms with E-state index < -0.39 is 5.97 Å². The smallest absolute Gasteiger partial charge is 0.305 e. The van der Waals surface area contributed by atoms with Gasteiger partial charge in [0.2, 0.25) is 5.91 Å². The minimum atomic E-state index is -0.912. The van der Waals surface area contributed by atoms with E-state index in [1.165, 1.54) is 11.8 Å². The number of aryl methyl sites for hydroxylation is 1. The van der Waals surface area contributed by atoms with Gasteiger partial charge in [0.15, 0.2) is 0 Å². The summed E-state index contributed by atoms with van der Waals surface area (Å²) in [5.41, 5.74) is 1.13. The number of ether oxygens (including phenoxy) is 1. The molecule has 24 heavy (non-hydrogen) atoms. The lowest BCUT2D eigenvalue weighted by molar-refractivity contribution is -0.144. The zero-order chi connectivity index (χ0) is 17.1. The lowest BCUT2D eigenvalue weighted by Gasteiger charge is -2.34. The SMILES string of the molecule is Cn1cc(SCC(=O)N2CCOCC2CC(=O)O)c2ccccc21. The first kappa shape index (κ1) is 16.9. The molecule has 1 saturated heterocycles. The number of aliphatic carboxylic acids is 1. The number of hydrogen-bond donors (Lipinski definition) is 1. The van der Waals surface area contributed by atoms with Gasteiger partial charge in [-0.05, 0) is 6.07 Å². The second-order valence-corrected chi connectivity index (χ2v) is 6.84. The van der Waals surface area contributed by atoms with Gasteiger partial charge in [-0.2, -0.15) is 0 Å². The Morgan fingerprint density at radius 3 is 2.96 bits per heavy atom. The minimum absolute atomic E-state index is 0.0394. The lowest BCUT2D eigenvalue weighted by atomic mass is 10.1. The number of carboxylic acid groups (broad SMARTS) is 1. The maximum atomic E-state index is 12.6. The number of fused-ring (bicyclic) bond motifs is 1. The number of carbonyl (C=O) groups excluding carboxylic acids is 1. The van der Waals surface area contributed by atoms with E-state index in [0.29, 0.717) is 18.9 Å². The van der Waals surface area contributed by atoms with E-state index >= 15 is 0 Å². The van der Waals surface area contributed by atoms with Gasteiger partial charge in [0.05, 0.1) is 31.4 Å². The highest BCUT2D eigenvalue weighted by molar-refractivity contribution is 8.00. The molecule has 1 fully saturated rings. The van der Waals surface area contributed by atoms with E-state index in [0.717, 1.165) is 15.8 Å². The molecule has 0 aliphatic carbocycles. The number of thioether (sulfide) groups is 1.